The Kier molecular flexibility index (Phi) is 12.6. The van der Waals surface area contributed by atoms with Crippen LogP contribution in [-0.2, 0) is 18.9 Å². The van der Waals surface area contributed by atoms with Crippen molar-refractivity contribution in [2.45, 2.75) is 0 Å². The Labute approximate surface area is 297 Å². The fraction of sp³-hybridized carbons (Fsp3) is 0.100. The summed E-state index contributed by atoms with van der Waals surface area (Å²) in [5.74, 6) is -3.12. The van der Waals surface area contributed by atoms with Crippen molar-refractivity contribution in [3.8, 4) is 11.5 Å². The van der Waals surface area contributed by atoms with Gasteiger partial charge in [-0.25, -0.2) is 28.8 Å². The van der Waals surface area contributed by atoms with Crippen LogP contribution in [0.4, 0.5) is 0 Å². The zero-order chi connectivity index (χ0) is 36.7. The van der Waals surface area contributed by atoms with Crippen LogP contribution in [-0.4, -0.2) is 62.2 Å². The lowest BCUT2D eigenvalue weighted by Gasteiger charge is -2.09. The number of carbonyl (C=O) groups is 6. The maximum Gasteiger partial charge on any atom is 0.343 e. The van der Waals surface area contributed by atoms with E-state index in [0.29, 0.717) is 11.5 Å². The van der Waals surface area contributed by atoms with Crippen molar-refractivity contribution in [3.05, 3.63) is 167 Å². The van der Waals surface area contributed by atoms with Crippen LogP contribution in [0.3, 0.4) is 0 Å². The third-order valence-electron chi connectivity index (χ3n) is 7.08. The minimum atomic E-state index is -0.703. The molecule has 5 aromatic rings. The third kappa shape index (κ3) is 10.5. The molecule has 52 heavy (non-hydrogen) atoms. The Morgan fingerprint density at radius 1 is 0.288 bits per heavy atom. The van der Waals surface area contributed by atoms with Crippen molar-refractivity contribution >= 4 is 35.8 Å². The number of carbonyl (C=O) groups excluding carboxylic acids is 6. The summed E-state index contributed by atoms with van der Waals surface area (Å²) in [7, 11) is 0. The van der Waals surface area contributed by atoms with Gasteiger partial charge < -0.3 is 28.4 Å². The zero-order valence-corrected chi connectivity index (χ0v) is 27.4. The second-order valence-electron chi connectivity index (χ2n) is 10.7. The van der Waals surface area contributed by atoms with Crippen molar-refractivity contribution in [2.24, 2.45) is 0 Å². The first kappa shape index (κ1) is 36.2. The van der Waals surface area contributed by atoms with Crippen LogP contribution < -0.4 is 9.47 Å². The van der Waals surface area contributed by atoms with E-state index in [1.807, 2.05) is 0 Å². The van der Waals surface area contributed by atoms with Gasteiger partial charge in [0.15, 0.2) is 0 Å². The number of rotatable bonds is 14. The summed E-state index contributed by atoms with van der Waals surface area (Å²) in [4.78, 5) is 74.0. The number of hydrogen-bond acceptors (Lipinski definition) is 12. The predicted molar refractivity (Wildman–Crippen MR) is 183 cm³/mol. The molecular weight excluding hydrogens is 672 g/mol. The highest BCUT2D eigenvalue weighted by Crippen LogP contribution is 2.15. The molecule has 0 aromatic heterocycles. The highest BCUT2D eigenvalue weighted by molar-refractivity contribution is 5.95. The first-order valence-electron chi connectivity index (χ1n) is 15.8. The van der Waals surface area contributed by atoms with Crippen molar-refractivity contribution < 1.29 is 57.2 Å². The van der Waals surface area contributed by atoms with Gasteiger partial charge in [0.2, 0.25) is 0 Å². The lowest BCUT2D eigenvalue weighted by molar-refractivity contribution is 0.0263. The monoisotopic (exact) mass is 702 g/mol. The van der Waals surface area contributed by atoms with E-state index in [1.165, 1.54) is 72.8 Å². The molecule has 262 valence electrons. The van der Waals surface area contributed by atoms with Gasteiger partial charge in [0, 0.05) is 0 Å². The minimum absolute atomic E-state index is 0.147. The fourth-order valence-corrected chi connectivity index (χ4v) is 4.41. The molecule has 0 unspecified atom stereocenters. The van der Waals surface area contributed by atoms with Crippen molar-refractivity contribution in [1.29, 1.82) is 0 Å². The van der Waals surface area contributed by atoms with E-state index in [9.17, 15) is 28.8 Å². The lowest BCUT2D eigenvalue weighted by Crippen LogP contribution is -2.15. The second kappa shape index (κ2) is 18.1. The molecule has 0 saturated carbocycles. The van der Waals surface area contributed by atoms with Crippen LogP contribution in [0.2, 0.25) is 0 Å². The molecule has 0 heterocycles. The normalized spacial score (nSPS) is 10.3. The Morgan fingerprint density at radius 3 is 0.731 bits per heavy atom. The quantitative estimate of drug-likeness (QED) is 0.0563. The second-order valence-corrected chi connectivity index (χ2v) is 10.7. The van der Waals surface area contributed by atoms with Crippen LogP contribution in [0.1, 0.15) is 62.1 Å². The largest absolute Gasteiger partial charge is 0.458 e. The van der Waals surface area contributed by atoms with E-state index in [1.54, 1.807) is 60.7 Å². The first-order valence-corrected chi connectivity index (χ1v) is 15.8. The number of benzene rings is 5. The van der Waals surface area contributed by atoms with Crippen LogP contribution in [0.25, 0.3) is 0 Å². The SMILES string of the molecule is O=C(OCCOC(=O)c1ccc(C(=O)Oc2ccccc2)cc1)c1ccc(C(=O)OCCOC(=O)c2ccc(C(=O)Oc3ccccc3)cc2)cc1. The summed E-state index contributed by atoms with van der Waals surface area (Å²) in [6, 6.07) is 34.0. The molecule has 0 radical (unpaired) electrons. The molecule has 0 aliphatic heterocycles. The van der Waals surface area contributed by atoms with E-state index in [0.717, 1.165) is 0 Å². The Morgan fingerprint density at radius 2 is 0.500 bits per heavy atom. The molecule has 0 atom stereocenters. The summed E-state index contributed by atoms with van der Waals surface area (Å²) < 4.78 is 31.1. The molecular formula is C40H30O12. The lowest BCUT2D eigenvalue weighted by atomic mass is 10.1. The summed E-state index contributed by atoms with van der Waals surface area (Å²) in [5.41, 5.74) is 1.18. The summed E-state index contributed by atoms with van der Waals surface area (Å²) in [5, 5.41) is 0. The van der Waals surface area contributed by atoms with Gasteiger partial charge in [0.25, 0.3) is 0 Å². The standard InChI is InChI=1S/C40H30O12/c41-35(47-23-25-49-37(43)29-15-19-31(20-16-29)39(45)51-33-7-3-1-4-8-33)27-11-13-28(14-12-27)36(42)48-24-26-50-38(44)30-17-21-32(22-18-30)40(46)52-34-9-5-2-6-10-34/h1-22H,23-26H2. The molecule has 5 rings (SSSR count). The van der Waals surface area contributed by atoms with Gasteiger partial charge >= 0.3 is 35.8 Å². The number of ether oxygens (including phenoxy) is 6. The van der Waals surface area contributed by atoms with Crippen LogP contribution in [0, 0.1) is 0 Å². The van der Waals surface area contributed by atoms with Crippen LogP contribution in [0.5, 0.6) is 11.5 Å². The molecule has 0 fully saturated rings. The maximum atomic E-state index is 12.4. The molecule has 0 amide bonds. The highest BCUT2D eigenvalue weighted by atomic mass is 16.6. The van der Waals surface area contributed by atoms with Gasteiger partial charge in [-0.3, -0.25) is 0 Å². The first-order chi connectivity index (χ1) is 25.3. The zero-order valence-electron chi connectivity index (χ0n) is 27.4. The summed E-state index contributed by atoms with van der Waals surface area (Å²) >= 11 is 0. The van der Waals surface area contributed by atoms with E-state index in [2.05, 4.69) is 0 Å². The Hall–Kier alpha value is -7.08. The molecule has 0 N–H and O–H groups in total. The average molecular weight is 703 g/mol. The van der Waals surface area contributed by atoms with Crippen molar-refractivity contribution in [3.63, 3.8) is 0 Å². The molecule has 12 nitrogen and oxygen atoms in total. The smallest absolute Gasteiger partial charge is 0.343 e. The van der Waals surface area contributed by atoms with Crippen LogP contribution in [0.15, 0.2) is 133 Å². The number of hydrogen-bond donors (Lipinski definition) is 0. The van der Waals surface area contributed by atoms with Gasteiger partial charge in [-0.05, 0) is 97.1 Å². The Bertz CT molecular complexity index is 1860. The third-order valence-corrected chi connectivity index (χ3v) is 7.08. The van der Waals surface area contributed by atoms with Gasteiger partial charge in [0.05, 0.1) is 33.4 Å². The highest BCUT2D eigenvalue weighted by Gasteiger charge is 2.15. The minimum Gasteiger partial charge on any atom is -0.458 e. The van der Waals surface area contributed by atoms with Gasteiger partial charge in [-0.1, -0.05) is 36.4 Å². The fourth-order valence-electron chi connectivity index (χ4n) is 4.41. The predicted octanol–water partition coefficient (Wildman–Crippen LogP) is 6.15. The summed E-state index contributed by atoms with van der Waals surface area (Å²) in [6.07, 6.45) is 0. The van der Waals surface area contributed by atoms with E-state index < -0.39 is 35.8 Å². The van der Waals surface area contributed by atoms with E-state index in [-0.39, 0.29) is 59.8 Å². The Balaban J connectivity index is 0.967. The van der Waals surface area contributed by atoms with Gasteiger partial charge in [-0.15, -0.1) is 0 Å². The van der Waals surface area contributed by atoms with Gasteiger partial charge in [0.1, 0.15) is 37.9 Å². The molecule has 0 aliphatic rings. The van der Waals surface area contributed by atoms with E-state index >= 15 is 0 Å². The average Bonchev–Trinajstić information content (AvgIpc) is 3.18. The molecule has 0 bridgehead atoms. The molecule has 0 spiro atoms. The molecule has 12 heteroatoms. The van der Waals surface area contributed by atoms with Crippen molar-refractivity contribution in [2.75, 3.05) is 26.4 Å². The molecule has 0 saturated heterocycles. The maximum absolute atomic E-state index is 12.4. The van der Waals surface area contributed by atoms with Gasteiger partial charge in [-0.2, -0.15) is 0 Å². The van der Waals surface area contributed by atoms with E-state index in [4.69, 9.17) is 28.4 Å². The summed E-state index contributed by atoms with van der Waals surface area (Å²) in [6.45, 7) is -0.878. The van der Waals surface area contributed by atoms with Crippen molar-refractivity contribution in [1.82, 2.24) is 0 Å². The molecule has 0 aliphatic carbocycles. The van der Waals surface area contributed by atoms with Crippen LogP contribution >= 0.6 is 0 Å². The number of para-hydroxylation sites is 2. The molecule has 5 aromatic carbocycles. The number of esters is 6. The topological polar surface area (TPSA) is 158 Å².